The fourth-order valence-corrected chi connectivity index (χ4v) is 2.75. The van der Waals surface area contributed by atoms with Gasteiger partial charge in [-0.25, -0.2) is 0 Å². The molecule has 1 aliphatic rings. The number of rotatable bonds is 6. The van der Waals surface area contributed by atoms with E-state index in [1.165, 1.54) is 0 Å². The third kappa shape index (κ3) is 4.44. The van der Waals surface area contributed by atoms with Crippen LogP contribution in [0.15, 0.2) is 18.2 Å². The zero-order valence-electron chi connectivity index (χ0n) is 12.9. The summed E-state index contributed by atoms with van der Waals surface area (Å²) in [7, 11) is 1.74. The van der Waals surface area contributed by atoms with Crippen molar-refractivity contribution in [3.05, 3.63) is 23.8 Å². The lowest BCUT2D eigenvalue weighted by Gasteiger charge is -2.16. The Hall–Kier alpha value is -1.59. The highest BCUT2D eigenvalue weighted by Gasteiger charge is 2.22. The van der Waals surface area contributed by atoms with Crippen LogP contribution in [-0.2, 0) is 9.53 Å². The van der Waals surface area contributed by atoms with Gasteiger partial charge in [0.05, 0.1) is 6.61 Å². The number of benzene rings is 1. The van der Waals surface area contributed by atoms with E-state index in [9.17, 15) is 4.79 Å². The molecule has 0 radical (unpaired) electrons. The quantitative estimate of drug-likeness (QED) is 0.785. The van der Waals surface area contributed by atoms with Gasteiger partial charge in [-0.1, -0.05) is 6.07 Å². The Labute approximate surface area is 126 Å². The van der Waals surface area contributed by atoms with E-state index in [4.69, 9.17) is 10.5 Å². The van der Waals surface area contributed by atoms with Crippen molar-refractivity contribution in [2.45, 2.75) is 19.8 Å². The smallest absolute Gasteiger partial charge is 0.225 e. The Morgan fingerprint density at radius 1 is 1.52 bits per heavy atom. The van der Waals surface area contributed by atoms with Crippen LogP contribution in [0.2, 0.25) is 0 Å². The predicted octanol–water partition coefficient (Wildman–Crippen LogP) is 1.87. The third-order valence-electron chi connectivity index (χ3n) is 4.08. The summed E-state index contributed by atoms with van der Waals surface area (Å²) >= 11 is 0. The Bertz CT molecular complexity index is 490. The molecule has 5 heteroatoms. The van der Waals surface area contributed by atoms with Crippen LogP contribution in [0.3, 0.4) is 0 Å². The van der Waals surface area contributed by atoms with Crippen molar-refractivity contribution >= 4 is 17.3 Å². The minimum atomic E-state index is 0.0406. The highest BCUT2D eigenvalue weighted by atomic mass is 16.5. The Morgan fingerprint density at radius 2 is 2.33 bits per heavy atom. The molecule has 1 unspecified atom stereocenters. The molecule has 1 atom stereocenters. The number of nitrogens with zero attached hydrogens (tertiary/aromatic N) is 1. The molecule has 1 amide bonds. The molecule has 1 fully saturated rings. The van der Waals surface area contributed by atoms with Crippen molar-refractivity contribution < 1.29 is 9.53 Å². The molecular weight excluding hydrogens is 266 g/mol. The Kier molecular flexibility index (Phi) is 5.59. The van der Waals surface area contributed by atoms with Gasteiger partial charge in [0, 0.05) is 38.0 Å². The van der Waals surface area contributed by atoms with Crippen molar-refractivity contribution in [1.82, 2.24) is 4.90 Å². The number of nitrogens with two attached hydrogens (primary N) is 1. The number of likely N-dealkylation sites (tertiary alicyclic amines) is 1. The van der Waals surface area contributed by atoms with Crippen molar-refractivity contribution in [2.24, 2.45) is 5.92 Å². The molecule has 2 rings (SSSR count). The fourth-order valence-electron chi connectivity index (χ4n) is 2.75. The molecule has 21 heavy (non-hydrogen) atoms. The van der Waals surface area contributed by atoms with Crippen LogP contribution in [0.1, 0.15) is 18.4 Å². The second-order valence-electron chi connectivity index (χ2n) is 5.73. The maximum atomic E-state index is 12.0. The first-order valence-electron chi connectivity index (χ1n) is 7.46. The molecular formula is C16H25N3O2. The minimum absolute atomic E-state index is 0.0406. The first-order chi connectivity index (χ1) is 10.1. The number of hydrogen-bond acceptors (Lipinski definition) is 4. The highest BCUT2D eigenvalue weighted by molar-refractivity contribution is 5.92. The van der Waals surface area contributed by atoms with Crippen LogP contribution < -0.4 is 11.1 Å². The van der Waals surface area contributed by atoms with Gasteiger partial charge >= 0.3 is 0 Å². The molecule has 1 heterocycles. The zero-order chi connectivity index (χ0) is 15.2. The Balaban J connectivity index is 1.77. The molecule has 1 saturated heterocycles. The predicted molar refractivity (Wildman–Crippen MR) is 85.3 cm³/mol. The normalized spacial score (nSPS) is 18.9. The van der Waals surface area contributed by atoms with Gasteiger partial charge in [-0.15, -0.1) is 0 Å². The van der Waals surface area contributed by atoms with Gasteiger partial charge in [0.1, 0.15) is 0 Å². The minimum Gasteiger partial charge on any atom is -0.398 e. The Morgan fingerprint density at radius 3 is 3.10 bits per heavy atom. The van der Waals surface area contributed by atoms with E-state index in [-0.39, 0.29) is 5.91 Å². The average molecular weight is 291 g/mol. The molecule has 5 nitrogen and oxygen atoms in total. The van der Waals surface area contributed by atoms with Crippen LogP contribution in [0, 0.1) is 12.8 Å². The number of nitrogens with one attached hydrogen (secondary N) is 1. The van der Waals surface area contributed by atoms with Crippen LogP contribution in [0.5, 0.6) is 0 Å². The third-order valence-corrected chi connectivity index (χ3v) is 4.08. The number of anilines is 2. The lowest BCUT2D eigenvalue weighted by atomic mass is 10.1. The fraction of sp³-hybridized carbons (Fsp3) is 0.562. The summed E-state index contributed by atoms with van der Waals surface area (Å²) < 4.78 is 5.19. The van der Waals surface area contributed by atoms with Gasteiger partial charge in [-0.05, 0) is 43.5 Å². The molecule has 0 aliphatic carbocycles. The summed E-state index contributed by atoms with van der Waals surface area (Å²) in [4.78, 5) is 14.4. The maximum absolute atomic E-state index is 12.0. The number of hydrogen-bond donors (Lipinski definition) is 2. The largest absolute Gasteiger partial charge is 0.398 e. The first kappa shape index (κ1) is 15.8. The summed E-state index contributed by atoms with van der Waals surface area (Å²) in [5, 5.41) is 2.94. The maximum Gasteiger partial charge on any atom is 0.225 e. The van der Waals surface area contributed by atoms with E-state index in [0.717, 1.165) is 43.9 Å². The molecule has 0 bridgehead atoms. The highest BCUT2D eigenvalue weighted by Crippen LogP contribution is 2.21. The molecule has 116 valence electrons. The number of carbonyl (C=O) groups is 1. The second-order valence-corrected chi connectivity index (χ2v) is 5.73. The number of ether oxygens (including phenoxy) is 1. The van der Waals surface area contributed by atoms with Crippen LogP contribution in [-0.4, -0.2) is 44.2 Å². The van der Waals surface area contributed by atoms with Crippen LogP contribution in [0.25, 0.3) is 0 Å². The summed E-state index contributed by atoms with van der Waals surface area (Å²) in [6, 6.07) is 5.58. The summed E-state index contributed by atoms with van der Waals surface area (Å²) in [5.74, 6) is 0.646. The van der Waals surface area contributed by atoms with E-state index in [1.807, 2.05) is 25.1 Å². The standard InChI is InChI=1S/C16H25N3O2/c1-12-14(17)4-3-5-15(12)18-16(20)7-9-19-8-6-13(10-19)11-21-2/h3-5,13H,6-11,17H2,1-2H3,(H,18,20). The van der Waals surface area contributed by atoms with Gasteiger partial charge in [0.2, 0.25) is 5.91 Å². The van der Waals surface area contributed by atoms with E-state index in [1.54, 1.807) is 7.11 Å². The first-order valence-corrected chi connectivity index (χ1v) is 7.46. The number of methoxy groups -OCH3 is 1. The van der Waals surface area contributed by atoms with Crippen molar-refractivity contribution in [1.29, 1.82) is 0 Å². The van der Waals surface area contributed by atoms with Crippen LogP contribution in [0.4, 0.5) is 11.4 Å². The van der Waals surface area contributed by atoms with Crippen molar-refractivity contribution in [3.8, 4) is 0 Å². The van der Waals surface area contributed by atoms with E-state index in [0.29, 0.717) is 18.0 Å². The summed E-state index contributed by atoms with van der Waals surface area (Å²) in [6.07, 6.45) is 1.66. The van der Waals surface area contributed by atoms with Gasteiger partial charge < -0.3 is 20.7 Å². The van der Waals surface area contributed by atoms with Gasteiger partial charge in [-0.3, -0.25) is 4.79 Å². The monoisotopic (exact) mass is 291 g/mol. The topological polar surface area (TPSA) is 67.6 Å². The van der Waals surface area contributed by atoms with Gasteiger partial charge in [0.15, 0.2) is 0 Å². The van der Waals surface area contributed by atoms with Gasteiger partial charge in [-0.2, -0.15) is 0 Å². The molecule has 0 spiro atoms. The molecule has 0 saturated carbocycles. The number of carbonyl (C=O) groups excluding carboxylic acids is 1. The lowest BCUT2D eigenvalue weighted by molar-refractivity contribution is -0.116. The molecule has 3 N–H and O–H groups in total. The van der Waals surface area contributed by atoms with E-state index < -0.39 is 0 Å². The van der Waals surface area contributed by atoms with Crippen molar-refractivity contribution in [2.75, 3.05) is 44.4 Å². The zero-order valence-corrected chi connectivity index (χ0v) is 12.9. The SMILES string of the molecule is COCC1CCN(CCC(=O)Nc2cccc(N)c2C)C1. The molecule has 1 aromatic rings. The molecule has 0 aromatic heterocycles. The number of amides is 1. The van der Waals surface area contributed by atoms with Gasteiger partial charge in [0.25, 0.3) is 0 Å². The lowest BCUT2D eigenvalue weighted by Crippen LogP contribution is -2.26. The second kappa shape index (κ2) is 7.43. The van der Waals surface area contributed by atoms with E-state index in [2.05, 4.69) is 10.2 Å². The van der Waals surface area contributed by atoms with Crippen LogP contribution >= 0.6 is 0 Å². The molecule has 1 aliphatic heterocycles. The number of nitrogen functional groups attached to an aromatic ring is 1. The summed E-state index contributed by atoms with van der Waals surface area (Å²) in [5.41, 5.74) is 8.27. The molecule has 1 aromatic carbocycles. The van der Waals surface area contributed by atoms with Crippen molar-refractivity contribution in [3.63, 3.8) is 0 Å². The van der Waals surface area contributed by atoms with E-state index >= 15 is 0 Å². The average Bonchev–Trinajstić information content (AvgIpc) is 2.90. The summed E-state index contributed by atoms with van der Waals surface area (Å²) in [6.45, 7) is 5.61.